The average Bonchev–Trinajstić information content (AvgIpc) is 3.24. The molecule has 0 aliphatic carbocycles. The van der Waals surface area contributed by atoms with Crippen LogP contribution in [0.1, 0.15) is 27.2 Å². The maximum Gasteiger partial charge on any atom is 0.271 e. The number of rotatable bonds is 5. The quantitative estimate of drug-likeness (QED) is 0.755. The Hall–Kier alpha value is -2.38. The van der Waals surface area contributed by atoms with Crippen LogP contribution in [0.2, 0.25) is 0 Å². The fraction of sp³-hybridized carbons (Fsp3) is 0.200. The summed E-state index contributed by atoms with van der Waals surface area (Å²) in [6, 6.07) is 6.36. The average molecular weight is 318 g/mol. The van der Waals surface area contributed by atoms with E-state index in [-0.39, 0.29) is 12.5 Å². The third-order valence-electron chi connectivity index (χ3n) is 3.12. The Morgan fingerprint density at radius 3 is 2.77 bits per heavy atom. The van der Waals surface area contributed by atoms with Gasteiger partial charge in [0, 0.05) is 4.88 Å². The van der Waals surface area contributed by atoms with Crippen molar-refractivity contribution in [2.75, 3.05) is 6.61 Å². The van der Waals surface area contributed by atoms with E-state index in [1.54, 1.807) is 30.5 Å². The van der Waals surface area contributed by atoms with Gasteiger partial charge in [0.15, 0.2) is 10.8 Å². The van der Waals surface area contributed by atoms with E-state index in [2.05, 4.69) is 10.3 Å². The number of aromatic nitrogens is 1. The van der Waals surface area contributed by atoms with Crippen LogP contribution in [0.5, 0.6) is 0 Å². The lowest BCUT2D eigenvalue weighted by atomic mass is 10.2. The molecule has 6 nitrogen and oxygen atoms in total. The van der Waals surface area contributed by atoms with Crippen molar-refractivity contribution in [1.82, 2.24) is 10.3 Å². The summed E-state index contributed by atoms with van der Waals surface area (Å²) in [6.45, 7) is 1.56. The van der Waals surface area contributed by atoms with E-state index in [4.69, 9.17) is 8.83 Å². The second-order valence-electron chi connectivity index (χ2n) is 4.63. The van der Waals surface area contributed by atoms with Crippen LogP contribution in [-0.2, 0) is 0 Å². The maximum absolute atomic E-state index is 12.4. The fourth-order valence-electron chi connectivity index (χ4n) is 2.04. The summed E-state index contributed by atoms with van der Waals surface area (Å²) in [5.74, 6) is 0.758. The minimum Gasteiger partial charge on any atom is -0.467 e. The van der Waals surface area contributed by atoms with Gasteiger partial charge in [0.25, 0.3) is 5.91 Å². The molecule has 7 heteroatoms. The zero-order valence-corrected chi connectivity index (χ0v) is 12.6. The molecule has 22 heavy (non-hydrogen) atoms. The third kappa shape index (κ3) is 2.81. The van der Waals surface area contributed by atoms with Crippen LogP contribution < -0.4 is 5.32 Å². The highest BCUT2D eigenvalue weighted by Gasteiger charge is 2.22. The Bertz CT molecular complexity index is 747. The van der Waals surface area contributed by atoms with E-state index >= 15 is 0 Å². The van der Waals surface area contributed by atoms with Crippen LogP contribution in [0.25, 0.3) is 10.8 Å². The van der Waals surface area contributed by atoms with E-state index in [9.17, 15) is 9.90 Å². The van der Waals surface area contributed by atoms with Crippen molar-refractivity contribution in [2.45, 2.75) is 13.0 Å². The van der Waals surface area contributed by atoms with E-state index < -0.39 is 6.04 Å². The van der Waals surface area contributed by atoms with Crippen molar-refractivity contribution in [3.05, 3.63) is 53.1 Å². The van der Waals surface area contributed by atoms with Crippen LogP contribution in [0, 0.1) is 6.92 Å². The molecule has 0 saturated carbocycles. The van der Waals surface area contributed by atoms with Crippen molar-refractivity contribution in [2.24, 2.45) is 0 Å². The van der Waals surface area contributed by atoms with Crippen LogP contribution >= 0.6 is 11.3 Å². The number of amides is 1. The smallest absolute Gasteiger partial charge is 0.271 e. The van der Waals surface area contributed by atoms with Gasteiger partial charge in [0.05, 0.1) is 19.1 Å². The molecule has 1 amide bonds. The van der Waals surface area contributed by atoms with Gasteiger partial charge >= 0.3 is 0 Å². The van der Waals surface area contributed by atoms with Gasteiger partial charge < -0.3 is 19.3 Å². The molecular formula is C15H14N2O4S. The number of hydrogen-bond acceptors (Lipinski definition) is 6. The number of carbonyl (C=O) groups excluding carboxylic acids is 1. The molecule has 3 heterocycles. The van der Waals surface area contributed by atoms with Gasteiger partial charge in [0.2, 0.25) is 0 Å². The maximum atomic E-state index is 12.4. The number of aliphatic hydroxyl groups excluding tert-OH is 1. The SMILES string of the molecule is Cc1sc(-c2ccco2)nc1C(=O)NC(CO)c1ccco1. The first-order valence-electron chi connectivity index (χ1n) is 6.65. The monoisotopic (exact) mass is 318 g/mol. The summed E-state index contributed by atoms with van der Waals surface area (Å²) in [4.78, 5) is 17.5. The highest BCUT2D eigenvalue weighted by Crippen LogP contribution is 2.28. The van der Waals surface area contributed by atoms with Crippen LogP contribution in [0.3, 0.4) is 0 Å². The molecular weight excluding hydrogens is 304 g/mol. The topological polar surface area (TPSA) is 88.5 Å². The molecule has 2 N–H and O–H groups in total. The Morgan fingerprint density at radius 1 is 1.36 bits per heavy atom. The zero-order chi connectivity index (χ0) is 15.5. The lowest BCUT2D eigenvalue weighted by Gasteiger charge is -2.13. The number of hydrogen-bond donors (Lipinski definition) is 2. The normalized spacial score (nSPS) is 12.3. The first-order valence-corrected chi connectivity index (χ1v) is 7.47. The number of aliphatic hydroxyl groups is 1. The Balaban J connectivity index is 1.80. The second kappa shape index (κ2) is 6.17. The predicted molar refractivity (Wildman–Crippen MR) is 80.6 cm³/mol. The molecule has 0 bridgehead atoms. The molecule has 0 radical (unpaired) electrons. The molecule has 0 fully saturated rings. The first-order chi connectivity index (χ1) is 10.7. The highest BCUT2D eigenvalue weighted by atomic mass is 32.1. The van der Waals surface area contributed by atoms with Gasteiger partial charge in [-0.2, -0.15) is 0 Å². The van der Waals surface area contributed by atoms with E-state index in [0.29, 0.717) is 22.2 Å². The van der Waals surface area contributed by atoms with E-state index in [1.807, 2.05) is 6.92 Å². The van der Waals surface area contributed by atoms with Crippen molar-refractivity contribution >= 4 is 17.2 Å². The fourth-order valence-corrected chi connectivity index (χ4v) is 2.91. The summed E-state index contributed by atoms with van der Waals surface area (Å²) in [7, 11) is 0. The Labute approximate surface area is 130 Å². The molecule has 0 aliphatic rings. The molecule has 1 unspecified atom stereocenters. The van der Waals surface area contributed by atoms with Gasteiger partial charge in [-0.05, 0) is 31.2 Å². The first kappa shape index (κ1) is 14.6. The molecule has 0 spiro atoms. The Kier molecular flexibility index (Phi) is 4.08. The summed E-state index contributed by atoms with van der Waals surface area (Å²) < 4.78 is 10.5. The van der Waals surface area contributed by atoms with Crippen molar-refractivity contribution in [1.29, 1.82) is 0 Å². The number of carbonyl (C=O) groups is 1. The molecule has 3 aromatic rings. The minimum atomic E-state index is -0.601. The second-order valence-corrected chi connectivity index (χ2v) is 5.83. The molecule has 3 aromatic heterocycles. The largest absolute Gasteiger partial charge is 0.467 e. The van der Waals surface area contributed by atoms with Gasteiger partial charge in [-0.15, -0.1) is 11.3 Å². The summed E-state index contributed by atoms with van der Waals surface area (Å²) in [6.07, 6.45) is 3.05. The summed E-state index contributed by atoms with van der Waals surface area (Å²) in [5.41, 5.74) is 0.321. The van der Waals surface area contributed by atoms with Crippen LogP contribution in [0.15, 0.2) is 45.6 Å². The molecule has 1 atom stereocenters. The number of aryl methyl sites for hydroxylation is 1. The number of thiazole rings is 1. The highest BCUT2D eigenvalue weighted by molar-refractivity contribution is 7.15. The van der Waals surface area contributed by atoms with E-state index in [1.165, 1.54) is 17.6 Å². The third-order valence-corrected chi connectivity index (χ3v) is 4.10. The van der Waals surface area contributed by atoms with Crippen molar-refractivity contribution < 1.29 is 18.7 Å². The standard InChI is InChI=1S/C15H14N2O4S/c1-9-13(17-15(22-9)12-5-3-7-21-12)14(19)16-10(8-18)11-4-2-6-20-11/h2-7,10,18H,8H2,1H3,(H,16,19). The van der Waals surface area contributed by atoms with Crippen LogP contribution in [0.4, 0.5) is 0 Å². The van der Waals surface area contributed by atoms with Crippen LogP contribution in [-0.4, -0.2) is 22.6 Å². The molecule has 0 saturated heterocycles. The minimum absolute atomic E-state index is 0.256. The zero-order valence-electron chi connectivity index (χ0n) is 11.8. The molecule has 0 aliphatic heterocycles. The predicted octanol–water partition coefficient (Wildman–Crippen LogP) is 2.77. The lowest BCUT2D eigenvalue weighted by molar-refractivity contribution is 0.0902. The van der Waals surface area contributed by atoms with Crippen molar-refractivity contribution in [3.8, 4) is 10.8 Å². The number of furan rings is 2. The molecule has 0 aromatic carbocycles. The summed E-state index contributed by atoms with van der Waals surface area (Å²) >= 11 is 1.38. The van der Waals surface area contributed by atoms with Gasteiger partial charge in [-0.1, -0.05) is 0 Å². The van der Waals surface area contributed by atoms with Gasteiger partial charge in [-0.25, -0.2) is 4.98 Å². The number of nitrogens with one attached hydrogen (secondary N) is 1. The lowest BCUT2D eigenvalue weighted by Crippen LogP contribution is -2.31. The van der Waals surface area contributed by atoms with E-state index in [0.717, 1.165) is 4.88 Å². The van der Waals surface area contributed by atoms with Gasteiger partial charge in [-0.3, -0.25) is 4.79 Å². The summed E-state index contributed by atoms with van der Waals surface area (Å²) in [5, 5.41) is 12.8. The molecule has 3 rings (SSSR count). The molecule has 114 valence electrons. The number of nitrogens with zero attached hydrogens (tertiary/aromatic N) is 1. The van der Waals surface area contributed by atoms with Gasteiger partial charge in [0.1, 0.15) is 17.5 Å². The van der Waals surface area contributed by atoms with Crippen molar-refractivity contribution in [3.63, 3.8) is 0 Å². The Morgan fingerprint density at radius 2 is 2.14 bits per heavy atom.